The molecule has 1 aromatic heterocycles. The van der Waals surface area contributed by atoms with Gasteiger partial charge < -0.3 is 10.4 Å². The number of aryl methyl sites for hydroxylation is 3. The molecule has 1 aromatic carbocycles. The zero-order chi connectivity index (χ0) is 15.2. The van der Waals surface area contributed by atoms with Crippen LogP contribution in [-0.4, -0.2) is 33.9 Å². The average Bonchev–Trinajstić information content (AvgIpc) is 2.82. The standard InChI is InChI=1S/C16H21N3O2/c1-12-11-13(2)19(18-12)15-6-3-14(4-7-15)5-8-16(21)17-9-10-20/h3-4,6-7,11,20H,5,8-10H2,1-2H3,(H,17,21). The molecule has 0 saturated heterocycles. The molecule has 1 heterocycles. The Morgan fingerprint density at radius 3 is 2.57 bits per heavy atom. The predicted octanol–water partition coefficient (Wildman–Crippen LogP) is 1.53. The summed E-state index contributed by atoms with van der Waals surface area (Å²) in [5.41, 5.74) is 4.23. The molecule has 2 aromatic rings. The van der Waals surface area contributed by atoms with Gasteiger partial charge >= 0.3 is 0 Å². The second-order valence-corrected chi connectivity index (χ2v) is 5.08. The van der Waals surface area contributed by atoms with Gasteiger partial charge in [-0.15, -0.1) is 0 Å². The van der Waals surface area contributed by atoms with Crippen molar-refractivity contribution in [3.63, 3.8) is 0 Å². The summed E-state index contributed by atoms with van der Waals surface area (Å²) in [7, 11) is 0. The Morgan fingerprint density at radius 2 is 2.00 bits per heavy atom. The van der Waals surface area contributed by atoms with E-state index in [1.165, 1.54) is 0 Å². The zero-order valence-electron chi connectivity index (χ0n) is 12.5. The highest BCUT2D eigenvalue weighted by Crippen LogP contribution is 2.13. The fraction of sp³-hybridized carbons (Fsp3) is 0.375. The summed E-state index contributed by atoms with van der Waals surface area (Å²) < 4.78 is 1.91. The molecule has 0 aliphatic carbocycles. The van der Waals surface area contributed by atoms with Crippen LogP contribution in [0.2, 0.25) is 0 Å². The van der Waals surface area contributed by atoms with Crippen LogP contribution in [0.1, 0.15) is 23.4 Å². The Hall–Kier alpha value is -2.14. The lowest BCUT2D eigenvalue weighted by Gasteiger charge is -2.07. The SMILES string of the molecule is Cc1cc(C)n(-c2ccc(CCC(=O)NCCO)cc2)n1. The Morgan fingerprint density at radius 1 is 1.29 bits per heavy atom. The fourth-order valence-corrected chi connectivity index (χ4v) is 2.24. The minimum Gasteiger partial charge on any atom is -0.395 e. The molecule has 0 spiro atoms. The Labute approximate surface area is 124 Å². The number of nitrogens with one attached hydrogen (secondary N) is 1. The highest BCUT2D eigenvalue weighted by atomic mass is 16.3. The molecule has 112 valence electrons. The molecule has 0 aliphatic rings. The molecule has 0 fully saturated rings. The second-order valence-electron chi connectivity index (χ2n) is 5.08. The summed E-state index contributed by atoms with van der Waals surface area (Å²) >= 11 is 0. The van der Waals surface area contributed by atoms with E-state index < -0.39 is 0 Å². The Kier molecular flexibility index (Phi) is 5.11. The first-order chi connectivity index (χ1) is 10.1. The molecule has 0 bridgehead atoms. The van der Waals surface area contributed by atoms with Crippen LogP contribution in [-0.2, 0) is 11.2 Å². The van der Waals surface area contributed by atoms with Crippen molar-refractivity contribution in [2.24, 2.45) is 0 Å². The van der Waals surface area contributed by atoms with Gasteiger partial charge in [-0.05, 0) is 44.0 Å². The van der Waals surface area contributed by atoms with Gasteiger partial charge in [0.2, 0.25) is 5.91 Å². The maximum absolute atomic E-state index is 11.5. The summed E-state index contributed by atoms with van der Waals surface area (Å²) in [5, 5.41) is 15.7. The number of nitrogens with zero attached hydrogens (tertiary/aromatic N) is 2. The van der Waals surface area contributed by atoms with Crippen molar-refractivity contribution in [3.8, 4) is 5.69 Å². The van der Waals surface area contributed by atoms with E-state index in [4.69, 9.17) is 5.11 Å². The third-order valence-electron chi connectivity index (χ3n) is 3.27. The van der Waals surface area contributed by atoms with Crippen molar-refractivity contribution in [1.82, 2.24) is 15.1 Å². The van der Waals surface area contributed by atoms with Gasteiger partial charge in [0.15, 0.2) is 0 Å². The summed E-state index contributed by atoms with van der Waals surface area (Å²) in [5.74, 6) is -0.0355. The van der Waals surface area contributed by atoms with E-state index >= 15 is 0 Å². The quantitative estimate of drug-likeness (QED) is 0.846. The highest BCUT2D eigenvalue weighted by molar-refractivity contribution is 5.76. The van der Waals surface area contributed by atoms with E-state index in [-0.39, 0.29) is 12.5 Å². The molecular weight excluding hydrogens is 266 g/mol. The minimum atomic E-state index is -0.0355. The third kappa shape index (κ3) is 4.16. The molecule has 0 saturated carbocycles. The van der Waals surface area contributed by atoms with Gasteiger partial charge in [-0.3, -0.25) is 4.79 Å². The number of benzene rings is 1. The summed E-state index contributed by atoms with van der Waals surface area (Å²) in [6.45, 7) is 4.29. The van der Waals surface area contributed by atoms with E-state index in [1.807, 2.05) is 48.9 Å². The van der Waals surface area contributed by atoms with Crippen LogP contribution < -0.4 is 5.32 Å². The normalized spacial score (nSPS) is 10.6. The van der Waals surface area contributed by atoms with Crippen LogP contribution in [0.3, 0.4) is 0 Å². The monoisotopic (exact) mass is 287 g/mol. The van der Waals surface area contributed by atoms with Gasteiger partial charge in [0.05, 0.1) is 18.0 Å². The number of amides is 1. The number of aliphatic hydroxyl groups is 1. The summed E-state index contributed by atoms with van der Waals surface area (Å²) in [6.07, 6.45) is 1.12. The Bertz CT molecular complexity index is 602. The Balaban J connectivity index is 1.96. The summed E-state index contributed by atoms with van der Waals surface area (Å²) in [4.78, 5) is 11.5. The second kappa shape index (κ2) is 7.04. The predicted molar refractivity (Wildman–Crippen MR) is 81.5 cm³/mol. The van der Waals surface area contributed by atoms with Crippen LogP contribution in [0.5, 0.6) is 0 Å². The van der Waals surface area contributed by atoms with Gasteiger partial charge in [-0.2, -0.15) is 5.10 Å². The molecule has 1 amide bonds. The molecule has 0 radical (unpaired) electrons. The topological polar surface area (TPSA) is 67.2 Å². The number of aromatic nitrogens is 2. The number of aliphatic hydroxyl groups excluding tert-OH is 1. The van der Waals surface area contributed by atoms with E-state index in [2.05, 4.69) is 10.4 Å². The lowest BCUT2D eigenvalue weighted by Crippen LogP contribution is -2.26. The zero-order valence-corrected chi connectivity index (χ0v) is 12.5. The first-order valence-electron chi connectivity index (χ1n) is 7.10. The first-order valence-corrected chi connectivity index (χ1v) is 7.10. The molecule has 5 heteroatoms. The van der Waals surface area contributed by atoms with Gasteiger partial charge in [0.1, 0.15) is 0 Å². The lowest BCUT2D eigenvalue weighted by molar-refractivity contribution is -0.121. The van der Waals surface area contributed by atoms with Crippen molar-refractivity contribution >= 4 is 5.91 Å². The molecule has 2 N–H and O–H groups in total. The largest absolute Gasteiger partial charge is 0.395 e. The van der Waals surface area contributed by atoms with Crippen molar-refractivity contribution in [3.05, 3.63) is 47.3 Å². The molecule has 2 rings (SSSR count). The average molecular weight is 287 g/mol. The van der Waals surface area contributed by atoms with Crippen LogP contribution in [0.4, 0.5) is 0 Å². The number of rotatable bonds is 6. The van der Waals surface area contributed by atoms with Crippen LogP contribution >= 0.6 is 0 Å². The number of carbonyl (C=O) groups is 1. The van der Waals surface area contributed by atoms with Crippen molar-refractivity contribution < 1.29 is 9.90 Å². The maximum Gasteiger partial charge on any atom is 0.220 e. The van der Waals surface area contributed by atoms with E-state index in [0.717, 1.165) is 22.6 Å². The van der Waals surface area contributed by atoms with Crippen LogP contribution in [0.25, 0.3) is 5.69 Å². The molecule has 5 nitrogen and oxygen atoms in total. The van der Waals surface area contributed by atoms with Gasteiger partial charge in [0.25, 0.3) is 0 Å². The molecule has 0 aliphatic heterocycles. The fourth-order valence-electron chi connectivity index (χ4n) is 2.24. The lowest BCUT2D eigenvalue weighted by atomic mass is 10.1. The number of hydrogen-bond acceptors (Lipinski definition) is 3. The summed E-state index contributed by atoms with van der Waals surface area (Å²) in [6, 6.07) is 10.1. The van der Waals surface area contributed by atoms with Crippen molar-refractivity contribution in [1.29, 1.82) is 0 Å². The molecular formula is C16H21N3O2. The van der Waals surface area contributed by atoms with Gasteiger partial charge in [0, 0.05) is 18.7 Å². The van der Waals surface area contributed by atoms with Crippen LogP contribution in [0.15, 0.2) is 30.3 Å². The van der Waals surface area contributed by atoms with E-state index in [0.29, 0.717) is 19.4 Å². The minimum absolute atomic E-state index is 0.0247. The van der Waals surface area contributed by atoms with E-state index in [1.54, 1.807) is 0 Å². The van der Waals surface area contributed by atoms with Crippen molar-refractivity contribution in [2.45, 2.75) is 26.7 Å². The smallest absolute Gasteiger partial charge is 0.220 e. The van der Waals surface area contributed by atoms with E-state index in [9.17, 15) is 4.79 Å². The van der Waals surface area contributed by atoms with Gasteiger partial charge in [-0.25, -0.2) is 4.68 Å². The maximum atomic E-state index is 11.5. The first kappa shape index (κ1) is 15.3. The third-order valence-corrected chi connectivity index (χ3v) is 3.27. The highest BCUT2D eigenvalue weighted by Gasteiger charge is 2.05. The molecule has 21 heavy (non-hydrogen) atoms. The van der Waals surface area contributed by atoms with Crippen molar-refractivity contribution in [2.75, 3.05) is 13.2 Å². The number of carbonyl (C=O) groups excluding carboxylic acids is 1. The molecule has 0 atom stereocenters. The molecule has 0 unspecified atom stereocenters. The van der Waals surface area contributed by atoms with Gasteiger partial charge in [-0.1, -0.05) is 12.1 Å². The van der Waals surface area contributed by atoms with Crippen LogP contribution in [0, 0.1) is 13.8 Å². The number of hydrogen-bond donors (Lipinski definition) is 2.